The molecule has 0 aliphatic rings. The van der Waals surface area contributed by atoms with E-state index in [1.807, 2.05) is 36.4 Å². The number of hydrogen-bond donors (Lipinski definition) is 2. The highest BCUT2D eigenvalue weighted by Crippen LogP contribution is 2.13. The molecule has 0 heterocycles. The van der Waals surface area contributed by atoms with Gasteiger partial charge >= 0.3 is 0 Å². The largest absolute Gasteiger partial charge is 0.381 e. The van der Waals surface area contributed by atoms with Gasteiger partial charge in [0.2, 0.25) is 5.91 Å². The summed E-state index contributed by atoms with van der Waals surface area (Å²) in [7, 11) is 0. The quantitative estimate of drug-likeness (QED) is 0.861. The minimum Gasteiger partial charge on any atom is -0.381 e. The first kappa shape index (κ1) is 13.1. The average Bonchev–Trinajstić information content (AvgIpc) is 2.39. The van der Waals surface area contributed by atoms with Gasteiger partial charge in [0.25, 0.3) is 0 Å². The Hall–Kier alpha value is -2.29. The normalized spacial score (nSPS) is 10.2. The molecule has 3 heteroatoms. The molecule has 19 heavy (non-hydrogen) atoms. The van der Waals surface area contributed by atoms with E-state index >= 15 is 0 Å². The summed E-state index contributed by atoms with van der Waals surface area (Å²) < 4.78 is 0. The Kier molecular flexibility index (Phi) is 4.18. The molecule has 0 aromatic heterocycles. The fraction of sp³-hybridized carbons (Fsp3) is 0.188. The third-order valence-corrected chi connectivity index (χ3v) is 3.08. The Morgan fingerprint density at radius 1 is 1.11 bits per heavy atom. The molecule has 3 N–H and O–H groups in total. The number of hydrogen-bond acceptors (Lipinski definition) is 2. The predicted octanol–water partition coefficient (Wildman–Crippen LogP) is 2.63. The second-order valence-electron chi connectivity index (χ2n) is 4.62. The van der Waals surface area contributed by atoms with Crippen molar-refractivity contribution < 1.29 is 4.79 Å². The van der Waals surface area contributed by atoms with Gasteiger partial charge < -0.3 is 11.1 Å². The number of aryl methyl sites for hydroxylation is 1. The Morgan fingerprint density at radius 3 is 2.42 bits per heavy atom. The molecule has 98 valence electrons. The lowest BCUT2D eigenvalue weighted by atomic mass is 10.1. The zero-order valence-corrected chi connectivity index (χ0v) is 11.0. The summed E-state index contributed by atoms with van der Waals surface area (Å²) in [6, 6.07) is 16.1. The molecular weight excluding hydrogens is 236 g/mol. The smallest absolute Gasteiger partial charge is 0.221 e. The molecule has 2 aromatic rings. The third-order valence-electron chi connectivity index (χ3n) is 3.08. The first-order valence-corrected chi connectivity index (χ1v) is 6.31. The Labute approximate surface area is 113 Å². The monoisotopic (exact) mass is 254 g/mol. The van der Waals surface area contributed by atoms with Crippen LogP contribution in [0.25, 0.3) is 0 Å². The van der Waals surface area contributed by atoms with Gasteiger partial charge in [0.1, 0.15) is 0 Å². The highest BCUT2D eigenvalue weighted by molar-refractivity contribution is 5.76. The van der Waals surface area contributed by atoms with E-state index in [0.717, 1.165) is 17.8 Å². The summed E-state index contributed by atoms with van der Waals surface area (Å²) in [4.78, 5) is 10.8. The SMILES string of the molecule is Cc1ccccc1CNc1ccc(CC(N)=O)cc1. The van der Waals surface area contributed by atoms with Crippen LogP contribution in [-0.4, -0.2) is 5.91 Å². The van der Waals surface area contributed by atoms with E-state index < -0.39 is 0 Å². The highest BCUT2D eigenvalue weighted by atomic mass is 16.1. The summed E-state index contributed by atoms with van der Waals surface area (Å²) >= 11 is 0. The maximum Gasteiger partial charge on any atom is 0.221 e. The summed E-state index contributed by atoms with van der Waals surface area (Å²) in [5, 5.41) is 3.37. The maximum atomic E-state index is 10.8. The zero-order valence-electron chi connectivity index (χ0n) is 11.0. The van der Waals surface area contributed by atoms with Gasteiger partial charge in [-0.3, -0.25) is 4.79 Å². The van der Waals surface area contributed by atoms with Crippen LogP contribution in [0.5, 0.6) is 0 Å². The first-order valence-electron chi connectivity index (χ1n) is 6.31. The van der Waals surface area contributed by atoms with Crippen LogP contribution in [0.1, 0.15) is 16.7 Å². The van der Waals surface area contributed by atoms with Crippen molar-refractivity contribution in [2.75, 3.05) is 5.32 Å². The van der Waals surface area contributed by atoms with Crippen LogP contribution >= 0.6 is 0 Å². The fourth-order valence-corrected chi connectivity index (χ4v) is 1.95. The summed E-state index contributed by atoms with van der Waals surface area (Å²) in [6.45, 7) is 2.90. The van der Waals surface area contributed by atoms with Crippen LogP contribution in [0.3, 0.4) is 0 Å². The highest BCUT2D eigenvalue weighted by Gasteiger charge is 2.00. The number of rotatable bonds is 5. The molecule has 0 aliphatic carbocycles. The van der Waals surface area contributed by atoms with Crippen molar-refractivity contribution in [1.82, 2.24) is 0 Å². The van der Waals surface area contributed by atoms with Crippen molar-refractivity contribution in [2.24, 2.45) is 5.73 Å². The molecule has 1 amide bonds. The van der Waals surface area contributed by atoms with Crippen LogP contribution in [0, 0.1) is 6.92 Å². The number of nitrogens with two attached hydrogens (primary N) is 1. The van der Waals surface area contributed by atoms with Gasteiger partial charge in [-0.05, 0) is 35.7 Å². The molecule has 2 rings (SSSR count). The van der Waals surface area contributed by atoms with Crippen molar-refractivity contribution in [1.29, 1.82) is 0 Å². The molecule has 0 spiro atoms. The van der Waals surface area contributed by atoms with E-state index in [9.17, 15) is 4.79 Å². The lowest BCUT2D eigenvalue weighted by molar-refractivity contribution is -0.117. The average molecular weight is 254 g/mol. The fourth-order valence-electron chi connectivity index (χ4n) is 1.95. The molecule has 0 unspecified atom stereocenters. The molecule has 0 saturated carbocycles. The number of amides is 1. The third kappa shape index (κ3) is 3.85. The molecule has 0 aliphatic heterocycles. The van der Waals surface area contributed by atoms with Crippen LogP contribution in [0.4, 0.5) is 5.69 Å². The second-order valence-corrected chi connectivity index (χ2v) is 4.62. The van der Waals surface area contributed by atoms with Gasteiger partial charge in [0.05, 0.1) is 6.42 Å². The number of nitrogens with one attached hydrogen (secondary N) is 1. The lowest BCUT2D eigenvalue weighted by Gasteiger charge is -2.09. The van der Waals surface area contributed by atoms with Gasteiger partial charge in [-0.25, -0.2) is 0 Å². The van der Waals surface area contributed by atoms with Crippen molar-refractivity contribution >= 4 is 11.6 Å². The number of carbonyl (C=O) groups excluding carboxylic acids is 1. The maximum absolute atomic E-state index is 10.8. The second kappa shape index (κ2) is 6.05. The number of primary amides is 1. The minimum absolute atomic E-state index is 0.290. The van der Waals surface area contributed by atoms with Gasteiger partial charge in [0, 0.05) is 12.2 Å². The number of benzene rings is 2. The van der Waals surface area contributed by atoms with E-state index in [2.05, 4.69) is 24.4 Å². The van der Waals surface area contributed by atoms with Crippen LogP contribution < -0.4 is 11.1 Å². The van der Waals surface area contributed by atoms with Crippen molar-refractivity contribution in [3.05, 3.63) is 65.2 Å². The summed E-state index contributed by atoms with van der Waals surface area (Å²) in [5.74, 6) is -0.305. The minimum atomic E-state index is -0.305. The molecule has 0 fully saturated rings. The molecule has 0 bridgehead atoms. The van der Waals surface area contributed by atoms with Gasteiger partial charge in [-0.15, -0.1) is 0 Å². The van der Waals surface area contributed by atoms with Crippen molar-refractivity contribution in [3.8, 4) is 0 Å². The Balaban J connectivity index is 1.97. The van der Waals surface area contributed by atoms with E-state index in [-0.39, 0.29) is 12.3 Å². The standard InChI is InChI=1S/C16H18N2O/c1-12-4-2-3-5-14(12)11-18-15-8-6-13(7-9-15)10-16(17)19/h2-9,18H,10-11H2,1H3,(H2,17,19). The van der Waals surface area contributed by atoms with Crippen LogP contribution in [-0.2, 0) is 17.8 Å². The molecule has 3 nitrogen and oxygen atoms in total. The summed E-state index contributed by atoms with van der Waals surface area (Å²) in [6.07, 6.45) is 0.290. The van der Waals surface area contributed by atoms with E-state index in [4.69, 9.17) is 5.73 Å². The lowest BCUT2D eigenvalue weighted by Crippen LogP contribution is -2.13. The van der Waals surface area contributed by atoms with Crippen molar-refractivity contribution in [2.45, 2.75) is 19.9 Å². The van der Waals surface area contributed by atoms with E-state index in [1.165, 1.54) is 11.1 Å². The van der Waals surface area contributed by atoms with Crippen molar-refractivity contribution in [3.63, 3.8) is 0 Å². The van der Waals surface area contributed by atoms with E-state index in [1.54, 1.807) is 0 Å². The van der Waals surface area contributed by atoms with Crippen LogP contribution in [0.2, 0.25) is 0 Å². The number of anilines is 1. The topological polar surface area (TPSA) is 55.1 Å². The van der Waals surface area contributed by atoms with Gasteiger partial charge in [0.15, 0.2) is 0 Å². The van der Waals surface area contributed by atoms with Crippen LogP contribution in [0.15, 0.2) is 48.5 Å². The predicted molar refractivity (Wildman–Crippen MR) is 77.8 cm³/mol. The Morgan fingerprint density at radius 2 is 1.79 bits per heavy atom. The summed E-state index contributed by atoms with van der Waals surface area (Å²) in [5.41, 5.74) is 9.70. The van der Waals surface area contributed by atoms with Gasteiger partial charge in [-0.2, -0.15) is 0 Å². The van der Waals surface area contributed by atoms with E-state index in [0.29, 0.717) is 0 Å². The molecule has 0 radical (unpaired) electrons. The first-order chi connectivity index (χ1) is 9.15. The molecule has 0 atom stereocenters. The molecular formula is C16H18N2O. The number of carbonyl (C=O) groups is 1. The Bertz CT molecular complexity index is 561. The zero-order chi connectivity index (χ0) is 13.7. The van der Waals surface area contributed by atoms with Gasteiger partial charge in [-0.1, -0.05) is 36.4 Å². The molecule has 0 saturated heterocycles. The molecule has 2 aromatic carbocycles.